The van der Waals surface area contributed by atoms with Crippen LogP contribution in [0.15, 0.2) is 42.0 Å². The van der Waals surface area contributed by atoms with Gasteiger partial charge in [-0.3, -0.25) is 0 Å². The van der Waals surface area contributed by atoms with Gasteiger partial charge in [0.15, 0.2) is 0 Å². The Morgan fingerprint density at radius 2 is 2.00 bits per heavy atom. The molecule has 1 nitrogen and oxygen atoms in total. The minimum absolute atomic E-state index is 0.631. The molecule has 0 saturated carbocycles. The van der Waals surface area contributed by atoms with Gasteiger partial charge < -0.3 is 5.32 Å². The van der Waals surface area contributed by atoms with E-state index in [0.29, 0.717) is 6.04 Å². The summed E-state index contributed by atoms with van der Waals surface area (Å²) in [5, 5.41) is 3.78. The minimum atomic E-state index is 0.631. The molecule has 0 spiro atoms. The molecule has 1 N–H and O–H groups in total. The Bertz CT molecular complexity index is 393. The lowest BCUT2D eigenvalue weighted by Crippen LogP contribution is -2.32. The van der Waals surface area contributed by atoms with E-state index in [0.717, 1.165) is 13.0 Å². The van der Waals surface area contributed by atoms with Crippen LogP contribution in [0.1, 0.15) is 57.4 Å². The Morgan fingerprint density at radius 1 is 1.15 bits per heavy atom. The molecular weight excluding hydrogens is 242 g/mol. The average Bonchev–Trinajstić information content (AvgIpc) is 2.49. The van der Waals surface area contributed by atoms with Crippen LogP contribution in [0.5, 0.6) is 0 Å². The highest BCUT2D eigenvalue weighted by molar-refractivity contribution is 5.16. The van der Waals surface area contributed by atoms with Crippen LogP contribution in [-0.4, -0.2) is 12.6 Å². The van der Waals surface area contributed by atoms with Crippen molar-refractivity contribution >= 4 is 0 Å². The molecule has 1 atom stereocenters. The molecule has 1 aromatic carbocycles. The maximum atomic E-state index is 3.78. The number of hydrogen-bond donors (Lipinski definition) is 1. The summed E-state index contributed by atoms with van der Waals surface area (Å²) < 4.78 is 0. The summed E-state index contributed by atoms with van der Waals surface area (Å²) in [4.78, 5) is 0. The molecule has 0 radical (unpaired) electrons. The number of benzene rings is 1. The van der Waals surface area contributed by atoms with Crippen molar-refractivity contribution in [2.45, 2.75) is 64.3 Å². The quantitative estimate of drug-likeness (QED) is 0.665. The summed E-state index contributed by atoms with van der Waals surface area (Å²) in [6, 6.07) is 11.5. The smallest absolute Gasteiger partial charge is 0.0107 e. The van der Waals surface area contributed by atoms with Crippen LogP contribution in [0.3, 0.4) is 0 Å². The van der Waals surface area contributed by atoms with Gasteiger partial charge in [-0.25, -0.2) is 0 Å². The van der Waals surface area contributed by atoms with Gasteiger partial charge in [-0.2, -0.15) is 0 Å². The Labute approximate surface area is 124 Å². The van der Waals surface area contributed by atoms with Gasteiger partial charge in [-0.05, 0) is 57.1 Å². The molecule has 110 valence electrons. The zero-order valence-electron chi connectivity index (χ0n) is 12.9. The molecule has 1 aliphatic carbocycles. The standard InChI is InChI=1S/C19H29N/c1-2-9-19(16-18-12-7-4-8-13-18)20-15-14-17-10-5-3-6-11-17/h4,7-8,10,12-13,19-20H,2-3,5-6,9,11,14-16H2,1H3. The van der Waals surface area contributed by atoms with Crippen molar-refractivity contribution in [1.82, 2.24) is 5.32 Å². The molecule has 0 amide bonds. The molecule has 1 unspecified atom stereocenters. The first-order valence-electron chi connectivity index (χ1n) is 8.33. The van der Waals surface area contributed by atoms with E-state index in [1.807, 2.05) is 0 Å². The Kier molecular flexibility index (Phi) is 6.86. The lowest BCUT2D eigenvalue weighted by Gasteiger charge is -2.20. The lowest BCUT2D eigenvalue weighted by atomic mass is 9.97. The zero-order valence-corrected chi connectivity index (χ0v) is 12.9. The van der Waals surface area contributed by atoms with Crippen molar-refractivity contribution < 1.29 is 0 Å². The second-order valence-corrected chi connectivity index (χ2v) is 5.99. The molecule has 0 aromatic heterocycles. The van der Waals surface area contributed by atoms with E-state index in [-0.39, 0.29) is 0 Å². The fraction of sp³-hybridized carbons (Fsp3) is 0.579. The van der Waals surface area contributed by atoms with Gasteiger partial charge in [0, 0.05) is 6.04 Å². The highest BCUT2D eigenvalue weighted by Crippen LogP contribution is 2.19. The molecule has 0 heterocycles. The number of allylic oxidation sites excluding steroid dienone is 1. The van der Waals surface area contributed by atoms with E-state index in [9.17, 15) is 0 Å². The summed E-state index contributed by atoms with van der Waals surface area (Å²) in [5.41, 5.74) is 3.13. The topological polar surface area (TPSA) is 12.0 Å². The van der Waals surface area contributed by atoms with Crippen LogP contribution in [0, 0.1) is 0 Å². The first kappa shape index (κ1) is 15.3. The van der Waals surface area contributed by atoms with Crippen LogP contribution in [0.25, 0.3) is 0 Å². The minimum Gasteiger partial charge on any atom is -0.313 e. The Hall–Kier alpha value is -1.08. The molecule has 0 bridgehead atoms. The van der Waals surface area contributed by atoms with Crippen molar-refractivity contribution in [3.05, 3.63) is 47.5 Å². The molecule has 1 aromatic rings. The van der Waals surface area contributed by atoms with Crippen LogP contribution in [-0.2, 0) is 6.42 Å². The number of hydrogen-bond acceptors (Lipinski definition) is 1. The molecule has 20 heavy (non-hydrogen) atoms. The van der Waals surface area contributed by atoms with Crippen molar-refractivity contribution in [3.63, 3.8) is 0 Å². The van der Waals surface area contributed by atoms with E-state index >= 15 is 0 Å². The van der Waals surface area contributed by atoms with E-state index in [1.165, 1.54) is 50.5 Å². The molecule has 0 saturated heterocycles. The third-order valence-electron chi connectivity index (χ3n) is 4.23. The van der Waals surface area contributed by atoms with Crippen LogP contribution >= 0.6 is 0 Å². The van der Waals surface area contributed by atoms with E-state index in [4.69, 9.17) is 0 Å². The summed E-state index contributed by atoms with van der Waals surface area (Å²) in [6.45, 7) is 3.42. The lowest BCUT2D eigenvalue weighted by molar-refractivity contribution is 0.472. The normalized spacial score (nSPS) is 16.8. The third-order valence-corrected chi connectivity index (χ3v) is 4.23. The molecule has 2 rings (SSSR count). The van der Waals surface area contributed by atoms with E-state index in [2.05, 4.69) is 48.6 Å². The second-order valence-electron chi connectivity index (χ2n) is 5.99. The number of nitrogens with one attached hydrogen (secondary N) is 1. The van der Waals surface area contributed by atoms with Gasteiger partial charge in [0.25, 0.3) is 0 Å². The van der Waals surface area contributed by atoms with Crippen molar-refractivity contribution in [3.8, 4) is 0 Å². The average molecular weight is 271 g/mol. The fourth-order valence-corrected chi connectivity index (χ4v) is 3.09. The predicted molar refractivity (Wildman–Crippen MR) is 88.0 cm³/mol. The summed E-state index contributed by atoms with van der Waals surface area (Å²) in [5.74, 6) is 0. The van der Waals surface area contributed by atoms with E-state index in [1.54, 1.807) is 5.57 Å². The molecule has 1 heteroatoms. The van der Waals surface area contributed by atoms with Crippen LogP contribution < -0.4 is 5.32 Å². The third kappa shape index (κ3) is 5.50. The van der Waals surface area contributed by atoms with Gasteiger partial charge in [-0.1, -0.05) is 55.3 Å². The largest absolute Gasteiger partial charge is 0.313 e. The Balaban J connectivity index is 1.75. The molecular formula is C19H29N. The molecule has 0 aliphatic heterocycles. The number of rotatable bonds is 8. The van der Waals surface area contributed by atoms with Gasteiger partial charge in [0.05, 0.1) is 0 Å². The predicted octanol–water partition coefficient (Wildman–Crippen LogP) is 4.88. The molecule has 0 fully saturated rings. The van der Waals surface area contributed by atoms with Gasteiger partial charge in [0.2, 0.25) is 0 Å². The van der Waals surface area contributed by atoms with E-state index < -0.39 is 0 Å². The summed E-state index contributed by atoms with van der Waals surface area (Å²) in [6.07, 6.45) is 12.8. The fourth-order valence-electron chi connectivity index (χ4n) is 3.09. The van der Waals surface area contributed by atoms with Crippen molar-refractivity contribution in [2.24, 2.45) is 0 Å². The van der Waals surface area contributed by atoms with Crippen LogP contribution in [0.4, 0.5) is 0 Å². The van der Waals surface area contributed by atoms with Gasteiger partial charge in [0.1, 0.15) is 0 Å². The summed E-state index contributed by atoms with van der Waals surface area (Å²) >= 11 is 0. The van der Waals surface area contributed by atoms with Gasteiger partial charge >= 0.3 is 0 Å². The second kappa shape index (κ2) is 8.97. The van der Waals surface area contributed by atoms with Crippen molar-refractivity contribution in [1.29, 1.82) is 0 Å². The SMILES string of the molecule is CCCC(Cc1ccccc1)NCCC1=CCCCC1. The van der Waals surface area contributed by atoms with Crippen molar-refractivity contribution in [2.75, 3.05) is 6.54 Å². The summed E-state index contributed by atoms with van der Waals surface area (Å²) in [7, 11) is 0. The maximum Gasteiger partial charge on any atom is 0.0107 e. The Morgan fingerprint density at radius 3 is 2.70 bits per heavy atom. The highest BCUT2D eigenvalue weighted by Gasteiger charge is 2.09. The first-order chi connectivity index (χ1) is 9.88. The van der Waals surface area contributed by atoms with Gasteiger partial charge in [-0.15, -0.1) is 0 Å². The zero-order chi connectivity index (χ0) is 14.0. The van der Waals surface area contributed by atoms with Crippen LogP contribution in [0.2, 0.25) is 0 Å². The monoisotopic (exact) mass is 271 g/mol. The molecule has 1 aliphatic rings. The maximum absolute atomic E-state index is 3.78. The highest BCUT2D eigenvalue weighted by atomic mass is 14.9. The first-order valence-corrected chi connectivity index (χ1v) is 8.33.